The molecule has 1 aromatic carbocycles. The molecule has 0 aliphatic rings. The zero-order valence-electron chi connectivity index (χ0n) is 11.6. The first-order valence-corrected chi connectivity index (χ1v) is 6.35. The Balaban J connectivity index is 2.75. The Morgan fingerprint density at radius 1 is 1.33 bits per heavy atom. The van der Waals surface area contributed by atoms with Crippen LogP contribution < -0.4 is 4.74 Å². The van der Waals surface area contributed by atoms with Crippen LogP contribution in [0.2, 0.25) is 0 Å². The molecule has 0 aliphatic heterocycles. The summed E-state index contributed by atoms with van der Waals surface area (Å²) in [6.45, 7) is 8.84. The van der Waals surface area contributed by atoms with Crippen LogP contribution in [0.5, 0.6) is 5.75 Å². The lowest BCUT2D eigenvalue weighted by Gasteiger charge is -2.15. The van der Waals surface area contributed by atoms with Crippen LogP contribution in [-0.4, -0.2) is 17.7 Å². The van der Waals surface area contributed by atoms with Gasteiger partial charge in [0.05, 0.1) is 13.0 Å². The van der Waals surface area contributed by atoms with Crippen LogP contribution in [0, 0.1) is 12.8 Å². The van der Waals surface area contributed by atoms with Crippen LogP contribution in [0.4, 0.5) is 0 Å². The van der Waals surface area contributed by atoms with Crippen LogP contribution in [-0.2, 0) is 4.79 Å². The summed E-state index contributed by atoms with van der Waals surface area (Å²) in [6.07, 6.45) is 0.160. The summed E-state index contributed by atoms with van der Waals surface area (Å²) in [5, 5.41) is 8.81. The van der Waals surface area contributed by atoms with Crippen molar-refractivity contribution in [1.29, 1.82) is 0 Å². The van der Waals surface area contributed by atoms with Gasteiger partial charge in [0, 0.05) is 0 Å². The standard InChI is InChI=1S/C15H22O3/c1-10(2)9-18-13-5-6-14(11(3)7-13)12(4)8-15(16)17/h5-7,10,12H,8-9H2,1-4H3,(H,16,17). The Hall–Kier alpha value is -1.51. The van der Waals surface area contributed by atoms with E-state index in [2.05, 4.69) is 13.8 Å². The van der Waals surface area contributed by atoms with E-state index in [0.29, 0.717) is 12.5 Å². The van der Waals surface area contributed by atoms with Crippen LogP contribution in [0.3, 0.4) is 0 Å². The number of carboxylic acid groups (broad SMARTS) is 1. The third kappa shape index (κ3) is 4.40. The van der Waals surface area contributed by atoms with Gasteiger partial charge in [0.2, 0.25) is 0 Å². The van der Waals surface area contributed by atoms with Gasteiger partial charge in [-0.1, -0.05) is 26.8 Å². The lowest BCUT2D eigenvalue weighted by atomic mass is 9.94. The van der Waals surface area contributed by atoms with E-state index < -0.39 is 5.97 Å². The topological polar surface area (TPSA) is 46.5 Å². The van der Waals surface area contributed by atoms with Gasteiger partial charge in [-0.25, -0.2) is 0 Å². The van der Waals surface area contributed by atoms with E-state index in [1.165, 1.54) is 0 Å². The Morgan fingerprint density at radius 3 is 2.50 bits per heavy atom. The molecule has 1 aromatic rings. The SMILES string of the molecule is Cc1cc(OCC(C)C)ccc1C(C)CC(=O)O. The molecule has 0 fully saturated rings. The minimum Gasteiger partial charge on any atom is -0.493 e. The summed E-state index contributed by atoms with van der Waals surface area (Å²) < 4.78 is 5.65. The van der Waals surface area contributed by atoms with Crippen molar-refractivity contribution in [2.24, 2.45) is 5.92 Å². The molecule has 18 heavy (non-hydrogen) atoms. The van der Waals surface area contributed by atoms with E-state index in [9.17, 15) is 4.79 Å². The number of ether oxygens (including phenoxy) is 1. The summed E-state index contributed by atoms with van der Waals surface area (Å²) in [5.41, 5.74) is 2.17. The van der Waals surface area contributed by atoms with Crippen LogP contribution >= 0.6 is 0 Å². The smallest absolute Gasteiger partial charge is 0.303 e. The maximum absolute atomic E-state index is 10.7. The van der Waals surface area contributed by atoms with Gasteiger partial charge >= 0.3 is 5.97 Å². The number of aryl methyl sites for hydroxylation is 1. The molecule has 0 aliphatic carbocycles. The lowest BCUT2D eigenvalue weighted by molar-refractivity contribution is -0.137. The Labute approximate surface area is 109 Å². The van der Waals surface area contributed by atoms with Crippen molar-refractivity contribution in [2.45, 2.75) is 40.0 Å². The Kier molecular flexibility index (Phi) is 5.20. The summed E-state index contributed by atoms with van der Waals surface area (Å²) in [5.74, 6) is 0.618. The zero-order chi connectivity index (χ0) is 13.7. The van der Waals surface area contributed by atoms with E-state index in [-0.39, 0.29) is 12.3 Å². The summed E-state index contributed by atoms with van der Waals surface area (Å²) in [6, 6.07) is 5.87. The minimum absolute atomic E-state index is 0.0293. The van der Waals surface area contributed by atoms with Crippen molar-refractivity contribution >= 4 is 5.97 Å². The number of carbonyl (C=O) groups is 1. The van der Waals surface area contributed by atoms with Gasteiger partial charge in [-0.3, -0.25) is 4.79 Å². The van der Waals surface area contributed by atoms with E-state index in [1.807, 2.05) is 32.0 Å². The van der Waals surface area contributed by atoms with Gasteiger partial charge in [0.1, 0.15) is 5.75 Å². The second-order valence-electron chi connectivity index (χ2n) is 5.22. The maximum Gasteiger partial charge on any atom is 0.303 e. The van der Waals surface area contributed by atoms with E-state index in [4.69, 9.17) is 9.84 Å². The number of benzene rings is 1. The Morgan fingerprint density at radius 2 is 2.00 bits per heavy atom. The summed E-state index contributed by atoms with van der Waals surface area (Å²) in [7, 11) is 0. The lowest BCUT2D eigenvalue weighted by Crippen LogP contribution is -2.06. The molecule has 0 saturated heterocycles. The highest BCUT2D eigenvalue weighted by atomic mass is 16.5. The van der Waals surface area contributed by atoms with Gasteiger partial charge in [0.25, 0.3) is 0 Å². The minimum atomic E-state index is -0.762. The number of hydrogen-bond acceptors (Lipinski definition) is 2. The highest BCUT2D eigenvalue weighted by Gasteiger charge is 2.13. The van der Waals surface area contributed by atoms with Gasteiger partial charge < -0.3 is 9.84 Å². The second kappa shape index (κ2) is 6.43. The molecule has 0 amide bonds. The molecular weight excluding hydrogens is 228 g/mol. The fourth-order valence-electron chi connectivity index (χ4n) is 1.93. The van der Waals surface area contributed by atoms with Crippen molar-refractivity contribution in [3.05, 3.63) is 29.3 Å². The first-order valence-electron chi connectivity index (χ1n) is 6.35. The summed E-state index contributed by atoms with van der Waals surface area (Å²) in [4.78, 5) is 10.7. The second-order valence-corrected chi connectivity index (χ2v) is 5.22. The van der Waals surface area contributed by atoms with E-state index >= 15 is 0 Å². The predicted octanol–water partition coefficient (Wildman–Crippen LogP) is 3.61. The maximum atomic E-state index is 10.7. The van der Waals surface area contributed by atoms with Gasteiger partial charge in [-0.2, -0.15) is 0 Å². The van der Waals surface area contributed by atoms with Crippen LogP contribution in [0.1, 0.15) is 44.2 Å². The van der Waals surface area contributed by atoms with Crippen LogP contribution in [0.25, 0.3) is 0 Å². The molecule has 0 heterocycles. The molecule has 1 N–H and O–H groups in total. The van der Waals surface area contributed by atoms with Crippen molar-refractivity contribution in [2.75, 3.05) is 6.61 Å². The number of rotatable bonds is 6. The van der Waals surface area contributed by atoms with Gasteiger partial charge in [0.15, 0.2) is 0 Å². The Bertz CT molecular complexity index is 410. The van der Waals surface area contributed by atoms with Crippen molar-refractivity contribution in [3.63, 3.8) is 0 Å². The molecule has 0 aromatic heterocycles. The van der Waals surface area contributed by atoms with Crippen molar-refractivity contribution in [1.82, 2.24) is 0 Å². The van der Waals surface area contributed by atoms with Gasteiger partial charge in [-0.15, -0.1) is 0 Å². The average Bonchev–Trinajstić information content (AvgIpc) is 2.25. The molecular formula is C15H22O3. The molecule has 0 radical (unpaired) electrons. The van der Waals surface area contributed by atoms with Crippen LogP contribution in [0.15, 0.2) is 18.2 Å². The highest BCUT2D eigenvalue weighted by Crippen LogP contribution is 2.26. The van der Waals surface area contributed by atoms with E-state index in [1.54, 1.807) is 0 Å². The normalized spacial score (nSPS) is 12.5. The first-order chi connectivity index (χ1) is 8.40. The molecule has 1 atom stereocenters. The molecule has 100 valence electrons. The zero-order valence-corrected chi connectivity index (χ0v) is 11.6. The fourth-order valence-corrected chi connectivity index (χ4v) is 1.93. The number of carboxylic acids is 1. The number of aliphatic carboxylic acids is 1. The van der Waals surface area contributed by atoms with Crippen molar-refractivity contribution in [3.8, 4) is 5.75 Å². The van der Waals surface area contributed by atoms with Gasteiger partial charge in [-0.05, 0) is 42.0 Å². The third-order valence-electron chi connectivity index (χ3n) is 2.84. The summed E-state index contributed by atoms with van der Waals surface area (Å²) >= 11 is 0. The molecule has 3 heteroatoms. The molecule has 0 spiro atoms. The monoisotopic (exact) mass is 250 g/mol. The molecule has 0 saturated carbocycles. The molecule has 1 unspecified atom stereocenters. The van der Waals surface area contributed by atoms with Crippen molar-refractivity contribution < 1.29 is 14.6 Å². The number of hydrogen-bond donors (Lipinski definition) is 1. The molecule has 3 nitrogen and oxygen atoms in total. The average molecular weight is 250 g/mol. The first kappa shape index (κ1) is 14.6. The predicted molar refractivity (Wildman–Crippen MR) is 72.2 cm³/mol. The largest absolute Gasteiger partial charge is 0.493 e. The quantitative estimate of drug-likeness (QED) is 0.839. The fraction of sp³-hybridized carbons (Fsp3) is 0.533. The molecule has 1 rings (SSSR count). The third-order valence-corrected chi connectivity index (χ3v) is 2.84. The van der Waals surface area contributed by atoms with E-state index in [0.717, 1.165) is 16.9 Å². The molecule has 0 bridgehead atoms. The highest BCUT2D eigenvalue weighted by molar-refractivity contribution is 5.68.